The normalized spacial score (nSPS) is 11.0. The summed E-state index contributed by atoms with van der Waals surface area (Å²) in [6, 6.07) is 9.43. The Morgan fingerprint density at radius 3 is 2.50 bits per heavy atom. The molecule has 0 saturated heterocycles. The first kappa shape index (κ1) is 16.2. The van der Waals surface area contributed by atoms with Crippen LogP contribution < -0.4 is 0 Å². The van der Waals surface area contributed by atoms with Crippen LogP contribution in [0, 0.1) is 0 Å². The minimum atomic E-state index is -0.530. The highest BCUT2D eigenvalue weighted by Gasteiger charge is 2.14. The highest BCUT2D eigenvalue weighted by atomic mass is 32.2. The summed E-state index contributed by atoms with van der Waals surface area (Å²) in [5, 5.41) is 0. The number of hydrogen-bond donors (Lipinski definition) is 0. The lowest BCUT2D eigenvalue weighted by atomic mass is 10.2. The van der Waals surface area contributed by atoms with Crippen molar-refractivity contribution in [2.45, 2.75) is 24.7 Å². The lowest BCUT2D eigenvalue weighted by Crippen LogP contribution is -2.17. The first-order valence-electron chi connectivity index (χ1n) is 6.20. The van der Waals surface area contributed by atoms with E-state index in [9.17, 15) is 9.59 Å². The van der Waals surface area contributed by atoms with E-state index in [4.69, 9.17) is 4.74 Å². The van der Waals surface area contributed by atoms with Gasteiger partial charge in [-0.3, -0.25) is 4.79 Å². The Morgan fingerprint density at radius 2 is 1.90 bits per heavy atom. The molecule has 1 aromatic rings. The molecule has 20 heavy (non-hydrogen) atoms. The molecule has 6 heteroatoms. The van der Waals surface area contributed by atoms with Gasteiger partial charge < -0.3 is 9.47 Å². The number of methoxy groups -OCH3 is 1. The van der Waals surface area contributed by atoms with E-state index in [1.807, 2.05) is 30.3 Å². The Bertz CT molecular complexity index is 473. The third-order valence-electron chi connectivity index (χ3n) is 2.30. The minimum absolute atomic E-state index is 0.108. The largest absolute Gasteiger partial charge is 0.466 e. The highest BCUT2D eigenvalue weighted by molar-refractivity contribution is 7.98. The maximum absolute atomic E-state index is 11.6. The summed E-state index contributed by atoms with van der Waals surface area (Å²) in [5.41, 5.74) is 0.217. The summed E-state index contributed by atoms with van der Waals surface area (Å²) < 4.78 is 13.6. The fourth-order valence-corrected chi connectivity index (χ4v) is 2.01. The van der Waals surface area contributed by atoms with E-state index in [0.29, 0.717) is 6.61 Å². The van der Waals surface area contributed by atoms with Crippen LogP contribution in [0.1, 0.15) is 19.8 Å². The summed E-state index contributed by atoms with van der Waals surface area (Å²) >= 11 is 1.17. The van der Waals surface area contributed by atoms with Crippen LogP contribution in [0.15, 0.2) is 39.6 Å². The van der Waals surface area contributed by atoms with E-state index in [0.717, 1.165) is 4.90 Å². The van der Waals surface area contributed by atoms with E-state index in [2.05, 4.69) is 9.13 Å². The average Bonchev–Trinajstić information content (AvgIpc) is 2.48. The summed E-state index contributed by atoms with van der Waals surface area (Å²) in [6.45, 7) is 2.06. The smallest absolute Gasteiger partial charge is 0.353 e. The van der Waals surface area contributed by atoms with Gasteiger partial charge in [-0.1, -0.05) is 18.2 Å². The molecule has 0 aliphatic heterocycles. The maximum atomic E-state index is 11.6. The van der Waals surface area contributed by atoms with E-state index in [1.165, 1.54) is 19.1 Å². The van der Waals surface area contributed by atoms with Crippen LogP contribution >= 0.6 is 11.9 Å². The number of ether oxygens (including phenoxy) is 2. The van der Waals surface area contributed by atoms with Gasteiger partial charge in [0.1, 0.15) is 5.71 Å². The quantitative estimate of drug-likeness (QED) is 0.439. The summed E-state index contributed by atoms with van der Waals surface area (Å²) in [6.07, 6.45) is 0.308. The predicted molar refractivity (Wildman–Crippen MR) is 77.6 cm³/mol. The second kappa shape index (κ2) is 9.14. The molecule has 0 radical (unpaired) electrons. The fraction of sp³-hybridized carbons (Fsp3) is 0.357. The third-order valence-corrected chi connectivity index (χ3v) is 3.09. The molecule has 0 aromatic heterocycles. The Hall–Kier alpha value is -1.82. The van der Waals surface area contributed by atoms with Crippen molar-refractivity contribution in [2.75, 3.05) is 13.7 Å². The molecule has 5 nitrogen and oxygen atoms in total. The molecule has 0 bridgehead atoms. The number of esters is 2. The lowest BCUT2D eigenvalue weighted by Gasteiger charge is -2.04. The SMILES string of the molecule is CCOC(=O)CC/C(=N\Sc1ccccc1)C(=O)OC. The Kier molecular flexibility index (Phi) is 7.42. The molecule has 108 valence electrons. The van der Waals surface area contributed by atoms with Crippen LogP contribution in [-0.2, 0) is 19.1 Å². The maximum Gasteiger partial charge on any atom is 0.353 e. The Balaban J connectivity index is 2.64. The molecular weight excluding hydrogens is 278 g/mol. The standard InChI is InChI=1S/C14H17NO4S/c1-3-19-13(16)10-9-12(14(17)18-2)15-20-11-7-5-4-6-8-11/h4-8H,3,9-10H2,1-2H3/b15-12+. The van der Waals surface area contributed by atoms with Gasteiger partial charge in [-0.15, -0.1) is 0 Å². The molecular formula is C14H17NO4S. The van der Waals surface area contributed by atoms with Crippen LogP contribution in [0.2, 0.25) is 0 Å². The topological polar surface area (TPSA) is 65.0 Å². The molecule has 0 unspecified atom stereocenters. The molecule has 1 aromatic carbocycles. The van der Waals surface area contributed by atoms with Gasteiger partial charge in [0.05, 0.1) is 20.1 Å². The predicted octanol–water partition coefficient (Wildman–Crippen LogP) is 2.65. The van der Waals surface area contributed by atoms with Crippen LogP contribution in [0.3, 0.4) is 0 Å². The number of rotatable bonds is 7. The zero-order valence-electron chi connectivity index (χ0n) is 11.5. The van der Waals surface area contributed by atoms with Crippen LogP contribution in [-0.4, -0.2) is 31.4 Å². The van der Waals surface area contributed by atoms with Gasteiger partial charge in [0.2, 0.25) is 0 Å². The zero-order chi connectivity index (χ0) is 14.8. The Morgan fingerprint density at radius 1 is 1.20 bits per heavy atom. The molecule has 0 aliphatic carbocycles. The van der Waals surface area contributed by atoms with Crippen LogP contribution in [0.25, 0.3) is 0 Å². The number of benzene rings is 1. The first-order valence-corrected chi connectivity index (χ1v) is 6.97. The van der Waals surface area contributed by atoms with Crippen molar-refractivity contribution in [1.82, 2.24) is 0 Å². The van der Waals surface area contributed by atoms with Crippen molar-refractivity contribution in [3.05, 3.63) is 30.3 Å². The number of carbonyl (C=O) groups is 2. The molecule has 0 amide bonds. The summed E-state index contributed by atoms with van der Waals surface area (Å²) in [5.74, 6) is -0.883. The van der Waals surface area contributed by atoms with E-state index >= 15 is 0 Å². The summed E-state index contributed by atoms with van der Waals surface area (Å²) in [4.78, 5) is 23.8. The molecule has 0 heterocycles. The summed E-state index contributed by atoms with van der Waals surface area (Å²) in [7, 11) is 1.29. The van der Waals surface area contributed by atoms with Crippen molar-refractivity contribution in [3.63, 3.8) is 0 Å². The van der Waals surface area contributed by atoms with Crippen molar-refractivity contribution < 1.29 is 19.1 Å². The van der Waals surface area contributed by atoms with Gasteiger partial charge in [0.25, 0.3) is 0 Å². The van der Waals surface area contributed by atoms with Crippen molar-refractivity contribution >= 4 is 29.6 Å². The number of hydrogen-bond acceptors (Lipinski definition) is 6. The van der Waals surface area contributed by atoms with Crippen LogP contribution in [0.5, 0.6) is 0 Å². The molecule has 0 spiro atoms. The third kappa shape index (κ3) is 5.88. The van der Waals surface area contributed by atoms with Gasteiger partial charge in [-0.05, 0) is 19.1 Å². The Labute approximate surface area is 122 Å². The molecule has 0 aliphatic rings. The molecule has 1 rings (SSSR count). The van der Waals surface area contributed by atoms with E-state index < -0.39 is 5.97 Å². The van der Waals surface area contributed by atoms with E-state index in [1.54, 1.807) is 6.92 Å². The average molecular weight is 295 g/mol. The number of nitrogens with zero attached hydrogens (tertiary/aromatic N) is 1. The molecule has 0 fully saturated rings. The van der Waals surface area contributed by atoms with Crippen molar-refractivity contribution in [1.29, 1.82) is 0 Å². The second-order valence-electron chi connectivity index (χ2n) is 3.74. The molecule has 0 atom stereocenters. The van der Waals surface area contributed by atoms with Gasteiger partial charge in [-0.25, -0.2) is 9.19 Å². The fourth-order valence-electron chi connectivity index (χ4n) is 1.35. The first-order chi connectivity index (χ1) is 9.67. The van der Waals surface area contributed by atoms with E-state index in [-0.39, 0.29) is 24.5 Å². The van der Waals surface area contributed by atoms with Crippen molar-refractivity contribution in [2.24, 2.45) is 4.40 Å². The minimum Gasteiger partial charge on any atom is -0.466 e. The molecule has 0 saturated carbocycles. The highest BCUT2D eigenvalue weighted by Crippen LogP contribution is 2.19. The van der Waals surface area contributed by atoms with Gasteiger partial charge in [0.15, 0.2) is 0 Å². The van der Waals surface area contributed by atoms with Gasteiger partial charge >= 0.3 is 11.9 Å². The number of carbonyl (C=O) groups excluding carboxylic acids is 2. The monoisotopic (exact) mass is 295 g/mol. The zero-order valence-corrected chi connectivity index (χ0v) is 12.3. The van der Waals surface area contributed by atoms with Crippen molar-refractivity contribution in [3.8, 4) is 0 Å². The van der Waals surface area contributed by atoms with Crippen LogP contribution in [0.4, 0.5) is 0 Å². The molecule has 0 N–H and O–H groups in total. The lowest BCUT2D eigenvalue weighted by molar-refractivity contribution is -0.142. The van der Waals surface area contributed by atoms with Gasteiger partial charge in [-0.2, -0.15) is 0 Å². The second-order valence-corrected chi connectivity index (χ2v) is 4.58. The van der Waals surface area contributed by atoms with Gasteiger partial charge in [0, 0.05) is 23.3 Å².